The van der Waals surface area contributed by atoms with E-state index in [0.717, 1.165) is 11.1 Å². The molecular formula is C18H19NO3. The van der Waals surface area contributed by atoms with Gasteiger partial charge in [-0.1, -0.05) is 30.3 Å². The number of ether oxygens (including phenoxy) is 1. The number of Topliss-reactive ketones (excluding diaryl/α,β-unsaturated/α-hetero) is 1. The number of methoxy groups -OCH3 is 1. The fourth-order valence-electron chi connectivity index (χ4n) is 2.37. The zero-order valence-electron chi connectivity index (χ0n) is 12.9. The lowest BCUT2D eigenvalue weighted by Crippen LogP contribution is -2.22. The van der Waals surface area contributed by atoms with Crippen LogP contribution in [0.3, 0.4) is 0 Å². The van der Waals surface area contributed by atoms with Gasteiger partial charge in [-0.3, -0.25) is 9.59 Å². The maximum atomic E-state index is 12.4. The number of amides is 1. The van der Waals surface area contributed by atoms with E-state index < -0.39 is 6.10 Å². The summed E-state index contributed by atoms with van der Waals surface area (Å²) in [6.07, 6.45) is -0.672. The predicted octanol–water partition coefficient (Wildman–Crippen LogP) is 3.52. The van der Waals surface area contributed by atoms with E-state index >= 15 is 0 Å². The highest BCUT2D eigenvalue weighted by Crippen LogP contribution is 2.21. The standard InChI is InChI=1S/C18H19NO3/c1-12-11-15(9-10-16(12)13(2)20)19-18(21)17(22-3)14-7-5-4-6-8-14/h4-11,17H,1-3H3,(H,19,21)/t17-/m1/s1. The van der Waals surface area contributed by atoms with Crippen molar-refractivity contribution in [3.05, 3.63) is 65.2 Å². The van der Waals surface area contributed by atoms with Crippen LogP contribution in [0.4, 0.5) is 5.69 Å². The van der Waals surface area contributed by atoms with Crippen LogP contribution in [0.1, 0.15) is 34.5 Å². The van der Waals surface area contributed by atoms with Gasteiger partial charge in [0.2, 0.25) is 0 Å². The zero-order valence-corrected chi connectivity index (χ0v) is 12.9. The van der Waals surface area contributed by atoms with Crippen LogP contribution in [0, 0.1) is 6.92 Å². The quantitative estimate of drug-likeness (QED) is 0.859. The minimum Gasteiger partial charge on any atom is -0.367 e. The van der Waals surface area contributed by atoms with Gasteiger partial charge in [0, 0.05) is 18.4 Å². The number of rotatable bonds is 5. The molecule has 0 aliphatic heterocycles. The molecule has 0 saturated carbocycles. The summed E-state index contributed by atoms with van der Waals surface area (Å²) < 4.78 is 5.30. The van der Waals surface area contributed by atoms with E-state index in [2.05, 4.69) is 5.32 Å². The van der Waals surface area contributed by atoms with Gasteiger partial charge in [-0.15, -0.1) is 0 Å². The fourth-order valence-corrected chi connectivity index (χ4v) is 2.37. The number of hydrogen-bond acceptors (Lipinski definition) is 3. The Kier molecular flexibility index (Phi) is 5.07. The number of ketones is 1. The van der Waals surface area contributed by atoms with Crippen LogP contribution in [0.2, 0.25) is 0 Å². The predicted molar refractivity (Wildman–Crippen MR) is 86.0 cm³/mol. The monoisotopic (exact) mass is 297 g/mol. The first-order valence-electron chi connectivity index (χ1n) is 7.03. The first kappa shape index (κ1) is 15.9. The Morgan fingerprint density at radius 2 is 1.77 bits per heavy atom. The number of carbonyl (C=O) groups excluding carboxylic acids is 2. The van der Waals surface area contributed by atoms with Gasteiger partial charge in [0.05, 0.1) is 0 Å². The minimum atomic E-state index is -0.672. The van der Waals surface area contributed by atoms with Crippen molar-refractivity contribution in [2.24, 2.45) is 0 Å². The SMILES string of the molecule is CO[C@@H](C(=O)Nc1ccc(C(C)=O)c(C)c1)c1ccccc1. The molecule has 0 spiro atoms. The van der Waals surface area contributed by atoms with Gasteiger partial charge in [0.15, 0.2) is 11.9 Å². The topological polar surface area (TPSA) is 55.4 Å². The number of carbonyl (C=O) groups is 2. The van der Waals surface area contributed by atoms with Crippen molar-refractivity contribution < 1.29 is 14.3 Å². The average Bonchev–Trinajstić information content (AvgIpc) is 2.48. The van der Waals surface area contributed by atoms with Gasteiger partial charge >= 0.3 is 0 Å². The molecule has 2 rings (SSSR count). The van der Waals surface area contributed by atoms with Crippen LogP contribution < -0.4 is 5.32 Å². The van der Waals surface area contributed by atoms with Gasteiger partial charge in [-0.25, -0.2) is 0 Å². The van der Waals surface area contributed by atoms with Crippen LogP contribution >= 0.6 is 0 Å². The molecule has 4 heteroatoms. The van der Waals surface area contributed by atoms with Gasteiger partial charge in [0.1, 0.15) is 0 Å². The fraction of sp³-hybridized carbons (Fsp3) is 0.222. The third kappa shape index (κ3) is 3.59. The first-order valence-corrected chi connectivity index (χ1v) is 7.03. The molecule has 2 aromatic rings. The molecule has 114 valence electrons. The Bertz CT molecular complexity index is 680. The molecule has 0 unspecified atom stereocenters. The highest BCUT2D eigenvalue weighted by atomic mass is 16.5. The number of hydrogen-bond donors (Lipinski definition) is 1. The molecule has 1 N–H and O–H groups in total. The second-order valence-electron chi connectivity index (χ2n) is 5.10. The summed E-state index contributed by atoms with van der Waals surface area (Å²) in [6.45, 7) is 3.37. The van der Waals surface area contributed by atoms with Crippen LogP contribution in [0.25, 0.3) is 0 Å². The average molecular weight is 297 g/mol. The summed E-state index contributed by atoms with van der Waals surface area (Å²) in [5, 5.41) is 2.82. The molecule has 0 heterocycles. The lowest BCUT2D eigenvalue weighted by Gasteiger charge is -2.16. The summed E-state index contributed by atoms with van der Waals surface area (Å²) >= 11 is 0. The Hall–Kier alpha value is -2.46. The van der Waals surface area contributed by atoms with Gasteiger partial charge in [-0.05, 0) is 43.2 Å². The van der Waals surface area contributed by atoms with E-state index in [1.807, 2.05) is 37.3 Å². The second kappa shape index (κ2) is 7.00. The molecule has 2 aromatic carbocycles. The van der Waals surface area contributed by atoms with E-state index in [1.165, 1.54) is 14.0 Å². The van der Waals surface area contributed by atoms with Gasteiger partial charge in [0.25, 0.3) is 5.91 Å². The highest BCUT2D eigenvalue weighted by molar-refractivity contribution is 5.98. The molecule has 4 nitrogen and oxygen atoms in total. The number of nitrogens with one attached hydrogen (secondary N) is 1. The van der Waals surface area contributed by atoms with Crippen molar-refractivity contribution in [3.63, 3.8) is 0 Å². The number of aryl methyl sites for hydroxylation is 1. The Balaban J connectivity index is 2.17. The summed E-state index contributed by atoms with van der Waals surface area (Å²) in [5.74, 6) is -0.238. The largest absolute Gasteiger partial charge is 0.367 e. The van der Waals surface area contributed by atoms with Gasteiger partial charge < -0.3 is 10.1 Å². The summed E-state index contributed by atoms with van der Waals surface area (Å²) in [6, 6.07) is 14.5. The Morgan fingerprint density at radius 3 is 2.32 bits per heavy atom. The first-order chi connectivity index (χ1) is 10.5. The molecule has 1 atom stereocenters. The van der Waals surface area contributed by atoms with Crippen molar-refractivity contribution in [2.75, 3.05) is 12.4 Å². The summed E-state index contributed by atoms with van der Waals surface area (Å²) in [5.41, 5.74) is 2.92. The minimum absolute atomic E-state index is 0.00873. The molecule has 1 amide bonds. The summed E-state index contributed by atoms with van der Waals surface area (Å²) in [7, 11) is 1.50. The molecule has 0 radical (unpaired) electrons. The third-order valence-electron chi connectivity index (χ3n) is 3.45. The number of anilines is 1. The number of benzene rings is 2. The molecule has 0 fully saturated rings. The van der Waals surface area contributed by atoms with E-state index in [1.54, 1.807) is 18.2 Å². The van der Waals surface area contributed by atoms with Crippen LogP contribution in [0.15, 0.2) is 48.5 Å². The van der Waals surface area contributed by atoms with Crippen LogP contribution in [-0.2, 0) is 9.53 Å². The van der Waals surface area contributed by atoms with Crippen molar-refractivity contribution >= 4 is 17.4 Å². The second-order valence-corrected chi connectivity index (χ2v) is 5.10. The Morgan fingerprint density at radius 1 is 1.09 bits per heavy atom. The van der Waals surface area contributed by atoms with E-state index in [0.29, 0.717) is 11.3 Å². The summed E-state index contributed by atoms with van der Waals surface area (Å²) in [4.78, 5) is 23.8. The van der Waals surface area contributed by atoms with E-state index in [9.17, 15) is 9.59 Å². The molecule has 0 saturated heterocycles. The lowest BCUT2D eigenvalue weighted by molar-refractivity contribution is -0.126. The Labute approximate surface area is 130 Å². The van der Waals surface area contributed by atoms with Crippen molar-refractivity contribution in [1.82, 2.24) is 0 Å². The maximum Gasteiger partial charge on any atom is 0.258 e. The highest BCUT2D eigenvalue weighted by Gasteiger charge is 2.20. The van der Waals surface area contributed by atoms with Crippen LogP contribution in [-0.4, -0.2) is 18.8 Å². The normalized spacial score (nSPS) is 11.8. The van der Waals surface area contributed by atoms with Crippen molar-refractivity contribution in [1.29, 1.82) is 0 Å². The maximum absolute atomic E-state index is 12.4. The van der Waals surface area contributed by atoms with Gasteiger partial charge in [-0.2, -0.15) is 0 Å². The third-order valence-corrected chi connectivity index (χ3v) is 3.45. The van der Waals surface area contributed by atoms with E-state index in [-0.39, 0.29) is 11.7 Å². The molecule has 0 aliphatic rings. The molecular weight excluding hydrogens is 278 g/mol. The molecule has 22 heavy (non-hydrogen) atoms. The van der Waals surface area contributed by atoms with Crippen molar-refractivity contribution in [3.8, 4) is 0 Å². The zero-order chi connectivity index (χ0) is 16.1. The van der Waals surface area contributed by atoms with Crippen molar-refractivity contribution in [2.45, 2.75) is 20.0 Å². The molecule has 0 bridgehead atoms. The smallest absolute Gasteiger partial charge is 0.258 e. The molecule has 0 aromatic heterocycles. The lowest BCUT2D eigenvalue weighted by atomic mass is 10.0. The van der Waals surface area contributed by atoms with Crippen LogP contribution in [0.5, 0.6) is 0 Å². The molecule has 0 aliphatic carbocycles. The van der Waals surface area contributed by atoms with E-state index in [4.69, 9.17) is 4.74 Å².